The molecule has 0 radical (unpaired) electrons. The second-order valence-electron chi connectivity index (χ2n) is 10.1. The topological polar surface area (TPSA) is 81.2 Å². The third-order valence-electron chi connectivity index (χ3n) is 7.41. The van der Waals surface area contributed by atoms with Crippen LogP contribution in [0.15, 0.2) is 52.5 Å². The Bertz CT molecular complexity index is 1700. The predicted octanol–water partition coefficient (Wildman–Crippen LogP) is 6.27. The maximum Gasteiger partial charge on any atom is 0.416 e. The first-order valence-corrected chi connectivity index (χ1v) is 14.2. The van der Waals surface area contributed by atoms with E-state index in [0.29, 0.717) is 21.6 Å². The number of rotatable bonds is 4. The number of fused-ring (bicyclic) bond motifs is 1. The van der Waals surface area contributed by atoms with Gasteiger partial charge in [-0.1, -0.05) is 23.7 Å². The van der Waals surface area contributed by atoms with Gasteiger partial charge in [-0.15, -0.1) is 10.2 Å². The number of carbonyl (C=O) groups excluding carboxylic acids is 1. The zero-order valence-corrected chi connectivity index (χ0v) is 23.8. The first-order valence-electron chi connectivity index (χ1n) is 13.0. The Balaban J connectivity index is 1.15. The average Bonchev–Trinajstić information content (AvgIpc) is 3.61. The van der Waals surface area contributed by atoms with Crippen LogP contribution in [0.3, 0.4) is 0 Å². The number of piperidine rings is 1. The van der Waals surface area contributed by atoms with Gasteiger partial charge in [0, 0.05) is 29.5 Å². The van der Waals surface area contributed by atoms with E-state index in [1.807, 2.05) is 26.0 Å². The van der Waals surface area contributed by atoms with Gasteiger partial charge in [0.25, 0.3) is 5.91 Å². The monoisotopic (exact) mass is 599 g/mol. The van der Waals surface area contributed by atoms with Crippen LogP contribution < -0.4 is 0 Å². The molecule has 0 saturated carbocycles. The second kappa shape index (κ2) is 10.6. The molecular formula is C28H25ClF3N7OS. The fraction of sp³-hybridized carbons (Fsp3) is 0.321. The minimum absolute atomic E-state index is 0.0252. The van der Waals surface area contributed by atoms with E-state index >= 15 is 0 Å². The molecule has 0 aliphatic carbocycles. The van der Waals surface area contributed by atoms with Gasteiger partial charge in [0.2, 0.25) is 0 Å². The van der Waals surface area contributed by atoms with Crippen molar-refractivity contribution in [2.45, 2.75) is 45.5 Å². The second-order valence-corrected chi connectivity index (χ2v) is 11.6. The van der Waals surface area contributed by atoms with E-state index < -0.39 is 11.7 Å². The molecule has 4 aromatic rings. The number of hydrogen-bond acceptors (Lipinski definition) is 6. The number of aromatic nitrogens is 5. The van der Waals surface area contributed by atoms with Gasteiger partial charge < -0.3 is 9.47 Å². The summed E-state index contributed by atoms with van der Waals surface area (Å²) in [5, 5.41) is 14.1. The summed E-state index contributed by atoms with van der Waals surface area (Å²) >= 11 is 7.18. The quantitative estimate of drug-likeness (QED) is 0.257. The molecule has 41 heavy (non-hydrogen) atoms. The fourth-order valence-electron chi connectivity index (χ4n) is 5.44. The molecule has 2 aliphatic rings. The summed E-state index contributed by atoms with van der Waals surface area (Å²) in [5.41, 5.74) is 0.755. The van der Waals surface area contributed by atoms with Crippen LogP contribution in [0.2, 0.25) is 5.02 Å². The maximum atomic E-state index is 13.6. The standard InChI is InChI=1S/C28H25ClF3N7OS/c1-16-35-36-17(2)39(16)22-7-9-37(10-8-22)27-34-26(40)25(41-27)12-18-3-6-24-20(11-18)14-33-38(24)15-19-4-5-21(29)13-23(19)28(30,31)32/h3-6,11-14,22H,7-10,15H2,1-2H3/b25-12-. The van der Waals surface area contributed by atoms with Gasteiger partial charge in [-0.25, -0.2) is 0 Å². The van der Waals surface area contributed by atoms with Crippen LogP contribution in [0.4, 0.5) is 13.2 Å². The molecule has 1 saturated heterocycles. The lowest BCUT2D eigenvalue weighted by molar-refractivity contribution is -0.138. The van der Waals surface area contributed by atoms with E-state index in [-0.39, 0.29) is 23.0 Å². The fourth-order valence-corrected chi connectivity index (χ4v) is 6.57. The van der Waals surface area contributed by atoms with Gasteiger partial charge in [0.15, 0.2) is 5.17 Å². The molecule has 0 spiro atoms. The largest absolute Gasteiger partial charge is 0.416 e. The van der Waals surface area contributed by atoms with Crippen LogP contribution in [0, 0.1) is 13.8 Å². The predicted molar refractivity (Wildman–Crippen MR) is 153 cm³/mol. The number of alkyl halides is 3. The summed E-state index contributed by atoms with van der Waals surface area (Å²) in [5.74, 6) is 1.54. The Hall–Kier alpha value is -3.64. The van der Waals surface area contributed by atoms with Crippen LogP contribution in [0.1, 0.15) is 47.2 Å². The molecule has 212 valence electrons. The maximum absolute atomic E-state index is 13.6. The number of aryl methyl sites for hydroxylation is 2. The number of nitrogens with zero attached hydrogens (tertiary/aromatic N) is 7. The van der Waals surface area contributed by atoms with E-state index in [9.17, 15) is 18.0 Å². The zero-order chi connectivity index (χ0) is 28.9. The molecule has 0 N–H and O–H groups in total. The summed E-state index contributed by atoms with van der Waals surface area (Å²) < 4.78 is 44.4. The van der Waals surface area contributed by atoms with Crippen LogP contribution >= 0.6 is 23.4 Å². The minimum Gasteiger partial charge on any atom is -0.351 e. The van der Waals surface area contributed by atoms with Gasteiger partial charge in [0.05, 0.1) is 28.7 Å². The van der Waals surface area contributed by atoms with Crippen LogP contribution in [0.5, 0.6) is 0 Å². The van der Waals surface area contributed by atoms with Crippen molar-refractivity contribution >= 4 is 51.4 Å². The SMILES string of the molecule is Cc1nnc(C)n1C1CCN(C2=NC(=O)/C(=C/c3ccc4c(cnn4Cc4ccc(Cl)cc4C(F)(F)F)c3)S2)CC1. The van der Waals surface area contributed by atoms with Crippen LogP contribution in [0.25, 0.3) is 17.0 Å². The van der Waals surface area contributed by atoms with Gasteiger partial charge >= 0.3 is 6.18 Å². The Labute approximate surface area is 242 Å². The Kier molecular flexibility index (Phi) is 7.14. The minimum atomic E-state index is -4.53. The van der Waals surface area contributed by atoms with Crippen molar-refractivity contribution in [3.05, 3.63) is 80.9 Å². The highest BCUT2D eigenvalue weighted by molar-refractivity contribution is 8.18. The van der Waals surface area contributed by atoms with Gasteiger partial charge in [-0.2, -0.15) is 23.3 Å². The lowest BCUT2D eigenvalue weighted by Gasteiger charge is -2.33. The summed E-state index contributed by atoms with van der Waals surface area (Å²) in [6.07, 6.45) is 0.690. The van der Waals surface area contributed by atoms with Crippen molar-refractivity contribution in [3.63, 3.8) is 0 Å². The summed E-state index contributed by atoms with van der Waals surface area (Å²) in [4.78, 5) is 19.7. The first kappa shape index (κ1) is 27.5. The molecule has 2 aliphatic heterocycles. The molecule has 1 fully saturated rings. The zero-order valence-electron chi connectivity index (χ0n) is 22.2. The van der Waals surface area contributed by atoms with E-state index in [2.05, 4.69) is 29.8 Å². The molecule has 0 unspecified atom stereocenters. The van der Waals surface area contributed by atoms with Crippen molar-refractivity contribution in [1.29, 1.82) is 0 Å². The lowest BCUT2D eigenvalue weighted by Crippen LogP contribution is -2.37. The molecule has 1 amide bonds. The number of thioether (sulfide) groups is 1. The number of carbonyl (C=O) groups is 1. The average molecular weight is 600 g/mol. The van der Waals surface area contributed by atoms with Crippen LogP contribution in [-0.2, 0) is 17.5 Å². The summed E-state index contributed by atoms with van der Waals surface area (Å²) in [7, 11) is 0. The molecular weight excluding hydrogens is 575 g/mol. The highest BCUT2D eigenvalue weighted by atomic mass is 35.5. The molecule has 8 nitrogen and oxygen atoms in total. The molecule has 6 rings (SSSR count). The number of hydrogen-bond donors (Lipinski definition) is 0. The van der Waals surface area contributed by atoms with Gasteiger partial charge in [-0.3, -0.25) is 9.48 Å². The van der Waals surface area contributed by atoms with Crippen molar-refractivity contribution < 1.29 is 18.0 Å². The van der Waals surface area contributed by atoms with E-state index in [1.54, 1.807) is 18.3 Å². The Morgan fingerprint density at radius 3 is 2.51 bits per heavy atom. The Morgan fingerprint density at radius 2 is 1.80 bits per heavy atom. The normalized spacial score (nSPS) is 17.7. The Morgan fingerprint density at radius 1 is 1.07 bits per heavy atom. The number of amidine groups is 1. The summed E-state index contributed by atoms with van der Waals surface area (Å²) in [6, 6.07) is 9.55. The highest BCUT2D eigenvalue weighted by Gasteiger charge is 2.34. The van der Waals surface area contributed by atoms with E-state index in [1.165, 1.54) is 28.6 Å². The summed E-state index contributed by atoms with van der Waals surface area (Å²) in [6.45, 7) is 5.43. The number of likely N-dealkylation sites (tertiary alicyclic amines) is 1. The van der Waals surface area contributed by atoms with Crippen LogP contribution in [-0.4, -0.2) is 53.6 Å². The molecule has 4 heterocycles. The smallest absolute Gasteiger partial charge is 0.351 e. The van der Waals surface area contributed by atoms with Crippen molar-refractivity contribution in [2.24, 2.45) is 4.99 Å². The molecule has 0 bridgehead atoms. The van der Waals surface area contributed by atoms with E-state index in [0.717, 1.165) is 54.6 Å². The van der Waals surface area contributed by atoms with Gasteiger partial charge in [-0.05, 0) is 79.9 Å². The lowest BCUT2D eigenvalue weighted by atomic mass is 10.1. The number of amides is 1. The van der Waals surface area contributed by atoms with Crippen molar-refractivity contribution in [3.8, 4) is 0 Å². The van der Waals surface area contributed by atoms with E-state index in [4.69, 9.17) is 11.6 Å². The third-order valence-corrected chi connectivity index (χ3v) is 8.69. The highest BCUT2D eigenvalue weighted by Crippen LogP contribution is 2.36. The molecule has 0 atom stereocenters. The molecule has 2 aromatic heterocycles. The number of aliphatic imine (C=N–C) groups is 1. The van der Waals surface area contributed by atoms with Gasteiger partial charge in [0.1, 0.15) is 11.6 Å². The third kappa shape index (κ3) is 5.50. The number of benzene rings is 2. The van der Waals surface area contributed by atoms with Crippen molar-refractivity contribution in [2.75, 3.05) is 13.1 Å². The first-order chi connectivity index (χ1) is 19.6. The number of halogens is 4. The van der Waals surface area contributed by atoms with Crippen molar-refractivity contribution in [1.82, 2.24) is 29.4 Å². The molecule has 2 aromatic carbocycles. The molecule has 13 heteroatoms.